The van der Waals surface area contributed by atoms with Crippen LogP contribution in [0.3, 0.4) is 0 Å². The Labute approximate surface area is 96.4 Å². The van der Waals surface area contributed by atoms with Crippen LogP contribution in [0.1, 0.15) is 33.1 Å². The zero-order chi connectivity index (χ0) is 11.8. The molecule has 0 amide bonds. The molecule has 1 N–H and O–H groups in total. The number of alkyl halides is 2. The number of nitrogens with one attached hydrogen (secondary N) is 1. The summed E-state index contributed by atoms with van der Waals surface area (Å²) in [6.07, 6.45) is 1.25. The molecule has 0 aromatic heterocycles. The van der Waals surface area contributed by atoms with Crippen LogP contribution in [0.15, 0.2) is 0 Å². The molecule has 0 bridgehead atoms. The normalized spacial score (nSPS) is 37.7. The van der Waals surface area contributed by atoms with Crippen molar-refractivity contribution < 1.29 is 8.78 Å². The lowest BCUT2D eigenvalue weighted by Gasteiger charge is -2.35. The summed E-state index contributed by atoms with van der Waals surface area (Å²) in [5, 5.41) is 3.57. The molecule has 0 radical (unpaired) electrons. The maximum Gasteiger partial charge on any atom is 0.251 e. The van der Waals surface area contributed by atoms with Gasteiger partial charge in [-0.2, -0.15) is 0 Å². The number of rotatable bonds is 3. The summed E-state index contributed by atoms with van der Waals surface area (Å²) in [4.78, 5) is 1.96. The van der Waals surface area contributed by atoms with E-state index < -0.39 is 6.43 Å². The molecule has 2 rings (SSSR count). The quantitative estimate of drug-likeness (QED) is 0.801. The lowest BCUT2D eigenvalue weighted by molar-refractivity contribution is 0.0579. The molecular formula is C12H22F2N2. The van der Waals surface area contributed by atoms with Crippen LogP contribution >= 0.6 is 0 Å². The van der Waals surface area contributed by atoms with E-state index in [4.69, 9.17) is 0 Å². The Morgan fingerprint density at radius 3 is 2.62 bits per heavy atom. The molecule has 2 fully saturated rings. The smallest absolute Gasteiger partial charge is 0.251 e. The maximum absolute atomic E-state index is 12.5. The summed E-state index contributed by atoms with van der Waals surface area (Å²) >= 11 is 0. The fourth-order valence-electron chi connectivity index (χ4n) is 2.80. The first-order valence-electron chi connectivity index (χ1n) is 6.28. The Balaban J connectivity index is 2.02. The Bertz CT molecular complexity index is 243. The molecule has 1 saturated heterocycles. The van der Waals surface area contributed by atoms with Crippen molar-refractivity contribution in [1.29, 1.82) is 0 Å². The molecular weight excluding hydrogens is 210 g/mol. The van der Waals surface area contributed by atoms with Crippen molar-refractivity contribution in [1.82, 2.24) is 10.2 Å². The second-order valence-electron chi connectivity index (χ2n) is 5.58. The van der Waals surface area contributed by atoms with Crippen molar-refractivity contribution in [3.8, 4) is 0 Å². The van der Waals surface area contributed by atoms with E-state index in [1.54, 1.807) is 0 Å². The molecule has 1 aliphatic heterocycles. The van der Waals surface area contributed by atoms with Gasteiger partial charge in [0.2, 0.25) is 0 Å². The first-order valence-corrected chi connectivity index (χ1v) is 6.28. The van der Waals surface area contributed by atoms with E-state index in [2.05, 4.69) is 19.2 Å². The standard InChI is InChI=1S/C12H22F2N2/c1-9-5-6-15-12(2,10-3-4-10)8-16(9)7-11(13)14/h9-11,15H,3-8H2,1-2H3. The molecule has 4 heteroatoms. The number of hydrogen-bond acceptors (Lipinski definition) is 2. The van der Waals surface area contributed by atoms with Crippen LogP contribution in [0.4, 0.5) is 8.78 Å². The Morgan fingerprint density at radius 2 is 2.06 bits per heavy atom. The average Bonchev–Trinajstić information content (AvgIpc) is 2.97. The van der Waals surface area contributed by atoms with Crippen molar-refractivity contribution in [3.05, 3.63) is 0 Å². The Hall–Kier alpha value is -0.220. The van der Waals surface area contributed by atoms with Gasteiger partial charge in [0, 0.05) is 18.1 Å². The van der Waals surface area contributed by atoms with E-state index in [1.165, 1.54) is 12.8 Å². The van der Waals surface area contributed by atoms with Crippen LogP contribution in [0.2, 0.25) is 0 Å². The van der Waals surface area contributed by atoms with Gasteiger partial charge in [-0.15, -0.1) is 0 Å². The SMILES string of the molecule is CC1CCNC(C)(C2CC2)CN1CC(F)F. The minimum Gasteiger partial charge on any atom is -0.310 e. The topological polar surface area (TPSA) is 15.3 Å². The van der Waals surface area contributed by atoms with Crippen molar-refractivity contribution in [2.75, 3.05) is 19.6 Å². The minimum atomic E-state index is -2.22. The summed E-state index contributed by atoms with van der Waals surface area (Å²) in [6, 6.07) is 0.266. The zero-order valence-corrected chi connectivity index (χ0v) is 10.2. The second-order valence-corrected chi connectivity index (χ2v) is 5.58. The molecule has 0 aromatic rings. The van der Waals surface area contributed by atoms with Crippen molar-refractivity contribution in [3.63, 3.8) is 0 Å². The lowest BCUT2D eigenvalue weighted by atomic mass is 9.95. The van der Waals surface area contributed by atoms with Crippen LogP contribution in [-0.4, -0.2) is 42.5 Å². The molecule has 1 heterocycles. The molecule has 0 spiro atoms. The van der Waals surface area contributed by atoms with Gasteiger partial charge in [-0.3, -0.25) is 4.90 Å². The predicted octanol–water partition coefficient (Wildman–Crippen LogP) is 2.10. The fourth-order valence-corrected chi connectivity index (χ4v) is 2.80. The van der Waals surface area contributed by atoms with Gasteiger partial charge in [0.25, 0.3) is 6.43 Å². The minimum absolute atomic E-state index is 0.0552. The first-order chi connectivity index (χ1) is 7.51. The molecule has 1 saturated carbocycles. The highest BCUT2D eigenvalue weighted by Crippen LogP contribution is 2.41. The van der Waals surface area contributed by atoms with Crippen LogP contribution < -0.4 is 5.32 Å². The van der Waals surface area contributed by atoms with E-state index in [1.807, 2.05) is 4.90 Å². The third-order valence-electron chi connectivity index (χ3n) is 4.10. The molecule has 2 nitrogen and oxygen atoms in total. The van der Waals surface area contributed by atoms with Gasteiger partial charge in [-0.1, -0.05) is 0 Å². The highest BCUT2D eigenvalue weighted by atomic mass is 19.3. The molecule has 94 valence electrons. The Kier molecular flexibility index (Phi) is 3.50. The fraction of sp³-hybridized carbons (Fsp3) is 1.00. The summed E-state index contributed by atoms with van der Waals surface area (Å²) in [5.41, 5.74) is 0.0552. The number of hydrogen-bond donors (Lipinski definition) is 1. The Morgan fingerprint density at radius 1 is 1.38 bits per heavy atom. The van der Waals surface area contributed by atoms with E-state index in [0.717, 1.165) is 19.5 Å². The zero-order valence-electron chi connectivity index (χ0n) is 10.2. The third-order valence-corrected chi connectivity index (χ3v) is 4.10. The van der Waals surface area contributed by atoms with E-state index in [9.17, 15) is 8.78 Å². The highest BCUT2D eigenvalue weighted by Gasteiger charge is 2.44. The van der Waals surface area contributed by atoms with E-state index in [0.29, 0.717) is 5.92 Å². The number of nitrogens with zero attached hydrogens (tertiary/aromatic N) is 1. The van der Waals surface area contributed by atoms with E-state index in [-0.39, 0.29) is 18.1 Å². The van der Waals surface area contributed by atoms with E-state index >= 15 is 0 Å². The monoisotopic (exact) mass is 232 g/mol. The molecule has 2 unspecified atom stereocenters. The third kappa shape index (κ3) is 2.72. The van der Waals surface area contributed by atoms with Crippen molar-refractivity contribution >= 4 is 0 Å². The predicted molar refractivity (Wildman–Crippen MR) is 60.8 cm³/mol. The van der Waals surface area contributed by atoms with Crippen molar-refractivity contribution in [2.45, 2.75) is 51.1 Å². The summed E-state index contributed by atoms with van der Waals surface area (Å²) in [7, 11) is 0. The van der Waals surface area contributed by atoms with Gasteiger partial charge < -0.3 is 5.32 Å². The molecule has 1 aliphatic carbocycles. The summed E-state index contributed by atoms with van der Waals surface area (Å²) in [5.74, 6) is 0.693. The lowest BCUT2D eigenvalue weighted by Crippen LogP contribution is -2.52. The largest absolute Gasteiger partial charge is 0.310 e. The van der Waals surface area contributed by atoms with Crippen LogP contribution in [0, 0.1) is 5.92 Å². The first kappa shape index (κ1) is 12.2. The van der Waals surface area contributed by atoms with Gasteiger partial charge in [0.05, 0.1) is 6.54 Å². The average molecular weight is 232 g/mol. The second kappa shape index (κ2) is 4.57. The van der Waals surface area contributed by atoms with Gasteiger partial charge in [-0.05, 0) is 45.6 Å². The highest BCUT2D eigenvalue weighted by molar-refractivity contribution is 5.01. The molecule has 0 aromatic carbocycles. The molecule has 2 atom stereocenters. The van der Waals surface area contributed by atoms with Gasteiger partial charge in [-0.25, -0.2) is 8.78 Å². The summed E-state index contributed by atoms with van der Waals surface area (Å²) in [6.45, 7) is 5.89. The van der Waals surface area contributed by atoms with Crippen LogP contribution in [-0.2, 0) is 0 Å². The molecule has 16 heavy (non-hydrogen) atoms. The van der Waals surface area contributed by atoms with Crippen LogP contribution in [0.25, 0.3) is 0 Å². The molecule has 2 aliphatic rings. The number of halogens is 2. The van der Waals surface area contributed by atoms with Gasteiger partial charge in [0.15, 0.2) is 0 Å². The maximum atomic E-state index is 12.5. The van der Waals surface area contributed by atoms with Crippen LogP contribution in [0.5, 0.6) is 0 Å². The van der Waals surface area contributed by atoms with Gasteiger partial charge in [0.1, 0.15) is 0 Å². The van der Waals surface area contributed by atoms with Crippen molar-refractivity contribution in [2.24, 2.45) is 5.92 Å². The summed E-state index contributed by atoms with van der Waals surface area (Å²) < 4.78 is 25.1. The van der Waals surface area contributed by atoms with Gasteiger partial charge >= 0.3 is 0 Å².